The molecule has 0 unspecified atom stereocenters. The molecule has 0 fully saturated rings. The molecule has 0 saturated heterocycles. The molecule has 2 rings (SSSR count). The third kappa shape index (κ3) is 3.80. The quantitative estimate of drug-likeness (QED) is 0.783. The van der Waals surface area contributed by atoms with Crippen LogP contribution in [0.15, 0.2) is 41.6 Å². The Morgan fingerprint density at radius 1 is 1.09 bits per heavy atom. The molecule has 0 atom stereocenters. The summed E-state index contributed by atoms with van der Waals surface area (Å²) >= 11 is 0. The molecule has 23 heavy (non-hydrogen) atoms. The highest BCUT2D eigenvalue weighted by molar-refractivity contribution is 6.00. The predicted molar refractivity (Wildman–Crippen MR) is 87.5 cm³/mol. The van der Waals surface area contributed by atoms with Crippen LogP contribution in [0, 0.1) is 0 Å². The van der Waals surface area contributed by atoms with Gasteiger partial charge in [0.1, 0.15) is 5.70 Å². The van der Waals surface area contributed by atoms with Gasteiger partial charge in [0.05, 0.1) is 19.8 Å². The molecule has 1 aromatic carbocycles. The van der Waals surface area contributed by atoms with Crippen molar-refractivity contribution in [2.45, 2.75) is 12.8 Å². The summed E-state index contributed by atoms with van der Waals surface area (Å²) in [5.74, 6) is -1.05. The lowest BCUT2D eigenvalue weighted by atomic mass is 10.0. The van der Waals surface area contributed by atoms with Gasteiger partial charge in [0, 0.05) is 20.0 Å². The van der Waals surface area contributed by atoms with Crippen LogP contribution in [0.4, 0.5) is 0 Å². The van der Waals surface area contributed by atoms with Gasteiger partial charge in [0.15, 0.2) is 0 Å². The molecule has 1 aromatic rings. The maximum absolute atomic E-state index is 12.2. The van der Waals surface area contributed by atoms with Crippen molar-refractivity contribution in [1.82, 2.24) is 4.90 Å². The predicted octanol–water partition coefficient (Wildman–Crippen LogP) is 2.18. The number of allylic oxidation sites excluding steroid dienone is 1. The summed E-state index contributed by atoms with van der Waals surface area (Å²) in [5, 5.41) is 0. The second-order valence-corrected chi connectivity index (χ2v) is 5.29. The molecule has 0 spiro atoms. The largest absolute Gasteiger partial charge is 0.466 e. The molecule has 0 radical (unpaired) electrons. The van der Waals surface area contributed by atoms with Crippen LogP contribution >= 0.6 is 0 Å². The van der Waals surface area contributed by atoms with Crippen molar-refractivity contribution in [3.05, 3.63) is 52.7 Å². The van der Waals surface area contributed by atoms with Crippen LogP contribution in [0.1, 0.15) is 17.5 Å². The van der Waals surface area contributed by atoms with Crippen LogP contribution in [-0.2, 0) is 25.5 Å². The van der Waals surface area contributed by atoms with Gasteiger partial charge in [-0.1, -0.05) is 36.4 Å². The minimum Gasteiger partial charge on any atom is -0.466 e. The number of rotatable bonds is 2. The van der Waals surface area contributed by atoms with E-state index in [-0.39, 0.29) is 5.70 Å². The lowest BCUT2D eigenvalue weighted by molar-refractivity contribution is -0.140. The molecule has 0 amide bonds. The van der Waals surface area contributed by atoms with Gasteiger partial charge in [0.25, 0.3) is 0 Å². The Kier molecular flexibility index (Phi) is 5.57. The first kappa shape index (κ1) is 16.8. The smallest absolute Gasteiger partial charge is 0.354 e. The van der Waals surface area contributed by atoms with Gasteiger partial charge in [-0.2, -0.15) is 0 Å². The van der Waals surface area contributed by atoms with Crippen LogP contribution in [0.25, 0.3) is 6.08 Å². The number of fused-ring (bicyclic) bond motifs is 1. The van der Waals surface area contributed by atoms with E-state index in [4.69, 9.17) is 9.47 Å². The molecular formula is C18H21NO4. The van der Waals surface area contributed by atoms with E-state index in [1.54, 1.807) is 11.9 Å². The number of likely N-dealkylation sites (N-methyl/N-ethyl adjacent to an activating group) is 1. The standard InChI is InChI=1S/C18H21NO4/c1-19-12-11-14-8-5-4-7-13(14)9-6-10-15(17(20)22-2)16(19)18(21)23-3/h4-9H,10-12H2,1-3H3/b9-6-,16-15-. The third-order valence-electron chi connectivity index (χ3n) is 3.87. The summed E-state index contributed by atoms with van der Waals surface area (Å²) in [7, 11) is 4.40. The summed E-state index contributed by atoms with van der Waals surface area (Å²) in [6, 6.07) is 8.08. The minimum absolute atomic E-state index is 0.253. The van der Waals surface area contributed by atoms with Crippen molar-refractivity contribution in [2.75, 3.05) is 27.8 Å². The fraction of sp³-hybridized carbons (Fsp3) is 0.333. The van der Waals surface area contributed by atoms with Crippen LogP contribution in [0.2, 0.25) is 0 Å². The highest BCUT2D eigenvalue weighted by Crippen LogP contribution is 2.21. The molecular weight excluding hydrogens is 294 g/mol. The van der Waals surface area contributed by atoms with Gasteiger partial charge >= 0.3 is 11.9 Å². The maximum atomic E-state index is 12.2. The number of hydrogen-bond donors (Lipinski definition) is 0. The average molecular weight is 315 g/mol. The molecule has 0 N–H and O–H groups in total. The van der Waals surface area contributed by atoms with Gasteiger partial charge in [-0.3, -0.25) is 0 Å². The zero-order chi connectivity index (χ0) is 16.8. The molecule has 0 saturated carbocycles. The van der Waals surface area contributed by atoms with Crippen molar-refractivity contribution in [2.24, 2.45) is 0 Å². The maximum Gasteiger partial charge on any atom is 0.354 e. The summed E-state index contributed by atoms with van der Waals surface area (Å²) < 4.78 is 9.69. The van der Waals surface area contributed by atoms with E-state index >= 15 is 0 Å². The SMILES string of the molecule is COC(=O)/C1=C(/C(=O)OC)N(C)CCc2ccccc2/C=C\C1. The molecule has 122 valence electrons. The molecule has 1 aliphatic rings. The van der Waals surface area contributed by atoms with E-state index in [1.807, 2.05) is 30.4 Å². The van der Waals surface area contributed by atoms with Crippen molar-refractivity contribution >= 4 is 18.0 Å². The summed E-state index contributed by atoms with van der Waals surface area (Å²) in [6.07, 6.45) is 4.90. The first-order chi connectivity index (χ1) is 11.1. The van der Waals surface area contributed by atoms with Crippen LogP contribution in [0.5, 0.6) is 0 Å². The molecule has 1 aliphatic heterocycles. The number of carbonyl (C=O) groups excluding carboxylic acids is 2. The van der Waals surface area contributed by atoms with Gasteiger partial charge in [0.2, 0.25) is 0 Å². The number of methoxy groups -OCH3 is 2. The van der Waals surface area contributed by atoms with Crippen LogP contribution in [0.3, 0.4) is 0 Å². The van der Waals surface area contributed by atoms with Crippen molar-refractivity contribution in [3.8, 4) is 0 Å². The monoisotopic (exact) mass is 315 g/mol. The van der Waals surface area contributed by atoms with E-state index < -0.39 is 11.9 Å². The summed E-state index contributed by atoms with van der Waals surface area (Å²) in [4.78, 5) is 26.0. The second-order valence-electron chi connectivity index (χ2n) is 5.29. The topological polar surface area (TPSA) is 55.8 Å². The van der Waals surface area contributed by atoms with Gasteiger partial charge in [-0.25, -0.2) is 9.59 Å². The molecule has 1 heterocycles. The average Bonchev–Trinajstić information content (AvgIpc) is 2.58. The second kappa shape index (κ2) is 7.63. The molecule has 5 nitrogen and oxygen atoms in total. The molecule has 0 aromatic heterocycles. The number of hydrogen-bond acceptors (Lipinski definition) is 5. The van der Waals surface area contributed by atoms with Crippen molar-refractivity contribution in [1.29, 1.82) is 0 Å². The first-order valence-corrected chi connectivity index (χ1v) is 7.43. The van der Waals surface area contributed by atoms with E-state index in [1.165, 1.54) is 19.8 Å². The van der Waals surface area contributed by atoms with Crippen molar-refractivity contribution in [3.63, 3.8) is 0 Å². The fourth-order valence-corrected chi connectivity index (χ4v) is 2.63. The van der Waals surface area contributed by atoms with Gasteiger partial charge in [-0.15, -0.1) is 0 Å². The van der Waals surface area contributed by atoms with E-state index in [2.05, 4.69) is 6.07 Å². The Morgan fingerprint density at radius 3 is 2.48 bits per heavy atom. The van der Waals surface area contributed by atoms with Gasteiger partial charge in [-0.05, 0) is 17.5 Å². The highest BCUT2D eigenvalue weighted by atomic mass is 16.5. The highest BCUT2D eigenvalue weighted by Gasteiger charge is 2.25. The Bertz CT molecular complexity index is 661. The fourth-order valence-electron chi connectivity index (χ4n) is 2.63. The molecule has 0 bridgehead atoms. The Balaban J connectivity index is 2.49. The summed E-state index contributed by atoms with van der Waals surface area (Å²) in [5.41, 5.74) is 2.87. The lowest BCUT2D eigenvalue weighted by Crippen LogP contribution is -2.30. The normalized spacial score (nSPS) is 19.5. The number of benzene rings is 1. The first-order valence-electron chi connectivity index (χ1n) is 7.43. The molecule has 5 heteroatoms. The Morgan fingerprint density at radius 2 is 1.78 bits per heavy atom. The Labute approximate surface area is 136 Å². The van der Waals surface area contributed by atoms with E-state index in [9.17, 15) is 9.59 Å². The Hall–Kier alpha value is -2.56. The van der Waals surface area contributed by atoms with Gasteiger partial charge < -0.3 is 14.4 Å². The van der Waals surface area contributed by atoms with Crippen LogP contribution < -0.4 is 0 Å². The zero-order valence-electron chi connectivity index (χ0n) is 13.7. The minimum atomic E-state index is -0.532. The van der Waals surface area contributed by atoms with Crippen molar-refractivity contribution < 1.29 is 19.1 Å². The number of carbonyl (C=O) groups is 2. The van der Waals surface area contributed by atoms with E-state index in [0.717, 1.165) is 12.0 Å². The lowest BCUT2D eigenvalue weighted by Gasteiger charge is -2.24. The number of esters is 2. The molecule has 0 aliphatic carbocycles. The van der Waals surface area contributed by atoms with Crippen LogP contribution in [-0.4, -0.2) is 44.7 Å². The van der Waals surface area contributed by atoms with E-state index in [0.29, 0.717) is 18.5 Å². The third-order valence-corrected chi connectivity index (χ3v) is 3.87. The summed E-state index contributed by atoms with van der Waals surface area (Å²) in [6.45, 7) is 0.593. The number of ether oxygens (including phenoxy) is 2. The number of nitrogens with zero attached hydrogens (tertiary/aromatic N) is 1. The zero-order valence-corrected chi connectivity index (χ0v) is 13.7.